The van der Waals surface area contributed by atoms with Crippen molar-refractivity contribution in [2.45, 2.75) is 27.2 Å². The van der Waals surface area contributed by atoms with Gasteiger partial charge in [0.1, 0.15) is 0 Å². The van der Waals surface area contributed by atoms with Gasteiger partial charge in [0, 0.05) is 43.0 Å². The molecular weight excluding hydrogens is 336 g/mol. The lowest BCUT2D eigenvalue weighted by Gasteiger charge is -2.36. The van der Waals surface area contributed by atoms with E-state index in [0.717, 1.165) is 36.3 Å². The summed E-state index contributed by atoms with van der Waals surface area (Å²) < 4.78 is 0. The smallest absolute Gasteiger partial charge is 0.253 e. The molecule has 0 radical (unpaired) electrons. The molecule has 1 fully saturated rings. The Morgan fingerprint density at radius 2 is 1.41 bits per heavy atom. The van der Waals surface area contributed by atoms with E-state index in [-0.39, 0.29) is 11.7 Å². The minimum atomic E-state index is 0.0800. The van der Waals surface area contributed by atoms with Crippen molar-refractivity contribution in [3.63, 3.8) is 0 Å². The number of hydrogen-bond acceptors (Lipinski definition) is 3. The molecule has 0 spiro atoms. The summed E-state index contributed by atoms with van der Waals surface area (Å²) in [6.45, 7) is 9.00. The fourth-order valence-corrected chi connectivity index (χ4v) is 3.51. The predicted molar refractivity (Wildman–Crippen MR) is 110 cm³/mol. The van der Waals surface area contributed by atoms with Gasteiger partial charge >= 0.3 is 0 Å². The summed E-state index contributed by atoms with van der Waals surface area (Å²) in [6, 6.07) is 15.8. The second-order valence-electron chi connectivity index (χ2n) is 7.68. The normalized spacial score (nSPS) is 14.5. The summed E-state index contributed by atoms with van der Waals surface area (Å²) in [5.41, 5.74) is 3.88. The molecule has 2 aromatic carbocycles. The number of amides is 1. The van der Waals surface area contributed by atoms with E-state index in [4.69, 9.17) is 0 Å². The van der Waals surface area contributed by atoms with Gasteiger partial charge in [0.05, 0.1) is 0 Å². The van der Waals surface area contributed by atoms with E-state index in [1.165, 1.54) is 5.56 Å². The van der Waals surface area contributed by atoms with Crippen molar-refractivity contribution < 1.29 is 9.59 Å². The molecule has 2 aromatic rings. The molecule has 0 N–H and O–H groups in total. The molecule has 0 bridgehead atoms. The maximum atomic E-state index is 12.8. The van der Waals surface area contributed by atoms with Gasteiger partial charge in [0.2, 0.25) is 0 Å². The second kappa shape index (κ2) is 8.38. The molecule has 0 unspecified atom stereocenters. The lowest BCUT2D eigenvalue weighted by atomic mass is 10.0. The average molecular weight is 364 g/mol. The molecule has 1 aliphatic heterocycles. The third-order valence-corrected chi connectivity index (χ3v) is 5.05. The maximum Gasteiger partial charge on any atom is 0.253 e. The van der Waals surface area contributed by atoms with Gasteiger partial charge in [-0.2, -0.15) is 0 Å². The molecule has 142 valence electrons. The molecule has 0 aromatic heterocycles. The van der Waals surface area contributed by atoms with Gasteiger partial charge in [0.25, 0.3) is 5.91 Å². The molecule has 1 amide bonds. The van der Waals surface area contributed by atoms with Crippen molar-refractivity contribution in [1.29, 1.82) is 0 Å². The molecule has 1 saturated heterocycles. The summed E-state index contributed by atoms with van der Waals surface area (Å²) >= 11 is 0. The molecule has 0 atom stereocenters. The van der Waals surface area contributed by atoms with Crippen LogP contribution in [-0.4, -0.2) is 42.8 Å². The number of Topliss-reactive ketones (excluding diaryl/α,β-unsaturated/α-hetero) is 1. The Morgan fingerprint density at radius 3 is 1.93 bits per heavy atom. The molecule has 27 heavy (non-hydrogen) atoms. The first-order valence-electron chi connectivity index (χ1n) is 9.68. The highest BCUT2D eigenvalue weighted by atomic mass is 16.2. The van der Waals surface area contributed by atoms with E-state index >= 15 is 0 Å². The standard InChI is InChI=1S/C23H28N2O2/c1-17(2)16-19-4-6-21(7-5-19)23(27)25-14-12-24(13-15-25)22-10-8-20(9-11-22)18(3)26/h4-11,17H,12-16H2,1-3H3. The highest BCUT2D eigenvalue weighted by molar-refractivity contribution is 5.95. The Morgan fingerprint density at radius 1 is 0.852 bits per heavy atom. The lowest BCUT2D eigenvalue weighted by Crippen LogP contribution is -2.48. The molecule has 4 nitrogen and oxygen atoms in total. The van der Waals surface area contributed by atoms with E-state index in [2.05, 4.69) is 30.9 Å². The van der Waals surface area contributed by atoms with E-state index < -0.39 is 0 Å². The van der Waals surface area contributed by atoms with Crippen LogP contribution in [0.5, 0.6) is 0 Å². The summed E-state index contributed by atoms with van der Waals surface area (Å²) in [5, 5.41) is 0. The molecule has 1 aliphatic rings. The van der Waals surface area contributed by atoms with Crippen LogP contribution in [0.4, 0.5) is 5.69 Å². The van der Waals surface area contributed by atoms with Crippen molar-refractivity contribution in [3.05, 3.63) is 65.2 Å². The molecule has 3 rings (SSSR count). The van der Waals surface area contributed by atoms with Crippen molar-refractivity contribution in [2.75, 3.05) is 31.1 Å². The van der Waals surface area contributed by atoms with Crippen LogP contribution in [0.25, 0.3) is 0 Å². The Labute approximate surface area is 161 Å². The second-order valence-corrected chi connectivity index (χ2v) is 7.68. The number of rotatable bonds is 5. The van der Waals surface area contributed by atoms with Crippen LogP contribution < -0.4 is 4.90 Å². The largest absolute Gasteiger partial charge is 0.368 e. The third-order valence-electron chi connectivity index (χ3n) is 5.05. The van der Waals surface area contributed by atoms with E-state index in [1.54, 1.807) is 6.92 Å². The van der Waals surface area contributed by atoms with E-state index in [9.17, 15) is 9.59 Å². The number of hydrogen-bond donors (Lipinski definition) is 0. The fraction of sp³-hybridized carbons (Fsp3) is 0.391. The molecule has 0 saturated carbocycles. The number of carbonyl (C=O) groups is 2. The first kappa shape index (κ1) is 19.2. The number of carbonyl (C=O) groups excluding carboxylic acids is 2. The minimum absolute atomic E-state index is 0.0800. The highest BCUT2D eigenvalue weighted by Gasteiger charge is 2.22. The van der Waals surface area contributed by atoms with Crippen molar-refractivity contribution in [3.8, 4) is 0 Å². The Balaban J connectivity index is 1.58. The Hall–Kier alpha value is -2.62. The topological polar surface area (TPSA) is 40.6 Å². The van der Waals surface area contributed by atoms with Crippen LogP contribution in [0.1, 0.15) is 47.1 Å². The van der Waals surface area contributed by atoms with Gasteiger partial charge in [-0.05, 0) is 61.2 Å². The maximum absolute atomic E-state index is 12.8. The Kier molecular flexibility index (Phi) is 5.94. The minimum Gasteiger partial charge on any atom is -0.368 e. The molecule has 0 aliphatic carbocycles. The van der Waals surface area contributed by atoms with Gasteiger partial charge < -0.3 is 9.80 Å². The van der Waals surface area contributed by atoms with Crippen molar-refractivity contribution >= 4 is 17.4 Å². The van der Waals surface area contributed by atoms with Crippen molar-refractivity contribution in [2.24, 2.45) is 5.92 Å². The molecule has 4 heteroatoms. The zero-order valence-electron chi connectivity index (χ0n) is 16.4. The quantitative estimate of drug-likeness (QED) is 0.752. The van der Waals surface area contributed by atoms with Gasteiger partial charge in [-0.1, -0.05) is 26.0 Å². The first-order valence-corrected chi connectivity index (χ1v) is 9.68. The lowest BCUT2D eigenvalue weighted by molar-refractivity contribution is 0.0746. The SMILES string of the molecule is CC(=O)c1ccc(N2CCN(C(=O)c3ccc(CC(C)C)cc3)CC2)cc1. The van der Waals surface area contributed by atoms with Crippen LogP contribution in [-0.2, 0) is 6.42 Å². The summed E-state index contributed by atoms with van der Waals surface area (Å²) in [5.74, 6) is 0.804. The average Bonchev–Trinajstić information content (AvgIpc) is 2.68. The zero-order valence-corrected chi connectivity index (χ0v) is 16.4. The monoisotopic (exact) mass is 364 g/mol. The number of piperazine rings is 1. The van der Waals surface area contributed by atoms with Crippen LogP contribution in [0.2, 0.25) is 0 Å². The van der Waals surface area contributed by atoms with E-state index in [0.29, 0.717) is 19.0 Å². The van der Waals surface area contributed by atoms with Gasteiger partial charge in [0.15, 0.2) is 5.78 Å². The number of benzene rings is 2. The predicted octanol–water partition coefficient (Wildman–Crippen LogP) is 4.05. The number of anilines is 1. The van der Waals surface area contributed by atoms with Gasteiger partial charge in [-0.15, -0.1) is 0 Å². The summed E-state index contributed by atoms with van der Waals surface area (Å²) in [6.07, 6.45) is 1.04. The number of nitrogens with zero attached hydrogens (tertiary/aromatic N) is 2. The van der Waals surface area contributed by atoms with Crippen molar-refractivity contribution in [1.82, 2.24) is 4.90 Å². The summed E-state index contributed by atoms with van der Waals surface area (Å²) in [4.78, 5) is 28.4. The number of ketones is 1. The fourth-order valence-electron chi connectivity index (χ4n) is 3.51. The highest BCUT2D eigenvalue weighted by Crippen LogP contribution is 2.19. The Bertz CT molecular complexity index is 786. The van der Waals surface area contributed by atoms with Crippen LogP contribution in [0.3, 0.4) is 0 Å². The van der Waals surface area contributed by atoms with Gasteiger partial charge in [-0.3, -0.25) is 9.59 Å². The van der Waals surface area contributed by atoms with Crippen LogP contribution >= 0.6 is 0 Å². The van der Waals surface area contributed by atoms with Crippen LogP contribution in [0, 0.1) is 5.92 Å². The molecule has 1 heterocycles. The van der Waals surface area contributed by atoms with Gasteiger partial charge in [-0.25, -0.2) is 0 Å². The molecular formula is C23H28N2O2. The zero-order chi connectivity index (χ0) is 19.4. The summed E-state index contributed by atoms with van der Waals surface area (Å²) in [7, 11) is 0. The first-order chi connectivity index (χ1) is 12.9. The van der Waals surface area contributed by atoms with Crippen LogP contribution in [0.15, 0.2) is 48.5 Å². The van der Waals surface area contributed by atoms with E-state index in [1.807, 2.05) is 41.3 Å². The third kappa shape index (κ3) is 4.76.